The lowest BCUT2D eigenvalue weighted by Crippen LogP contribution is -2.46. The number of rotatable bonds is 2. The quantitative estimate of drug-likeness (QED) is 0.627. The number of carbonyl (C=O) groups excluding carboxylic acids is 1. The van der Waals surface area contributed by atoms with Crippen LogP contribution in [0.15, 0.2) is 0 Å². The highest BCUT2D eigenvalue weighted by Crippen LogP contribution is 2.22. The smallest absolute Gasteiger partial charge is 0.227 e. The Morgan fingerprint density at radius 2 is 1.74 bits per heavy atom. The van der Waals surface area contributed by atoms with Gasteiger partial charge in [0.1, 0.15) is 0 Å². The normalized spacial score (nSPS) is 33.6. The lowest BCUT2D eigenvalue weighted by Gasteiger charge is -2.32. The van der Waals surface area contributed by atoms with E-state index in [-0.39, 0.29) is 31.5 Å². The standard InChI is InChI=1S/C11H20N2O5S/c1-19(17,18)13-4-2-3-8(5-13)11(16)12-6-9(14)10(15)7-12/h8-10,14-15H,2-7H2,1H3. The minimum atomic E-state index is -3.27. The van der Waals surface area contributed by atoms with E-state index in [0.717, 1.165) is 6.26 Å². The second kappa shape index (κ2) is 5.35. The van der Waals surface area contributed by atoms with Crippen LogP contribution in [0.2, 0.25) is 0 Å². The Hall–Kier alpha value is -0.700. The minimum Gasteiger partial charge on any atom is -0.388 e. The van der Waals surface area contributed by atoms with Gasteiger partial charge < -0.3 is 15.1 Å². The Labute approximate surface area is 112 Å². The molecule has 0 radical (unpaired) electrons. The molecule has 110 valence electrons. The summed E-state index contributed by atoms with van der Waals surface area (Å²) in [6.07, 6.45) is 0.635. The molecule has 2 rings (SSSR count). The number of piperidine rings is 1. The Morgan fingerprint density at radius 3 is 2.26 bits per heavy atom. The molecule has 0 aromatic carbocycles. The lowest BCUT2D eigenvalue weighted by atomic mass is 9.98. The van der Waals surface area contributed by atoms with E-state index in [4.69, 9.17) is 0 Å². The number of carbonyl (C=O) groups is 1. The maximum absolute atomic E-state index is 12.2. The average molecular weight is 292 g/mol. The Morgan fingerprint density at radius 1 is 1.16 bits per heavy atom. The van der Waals surface area contributed by atoms with Gasteiger partial charge in [-0.25, -0.2) is 12.7 Å². The van der Waals surface area contributed by atoms with Crippen molar-refractivity contribution in [3.05, 3.63) is 0 Å². The molecular formula is C11H20N2O5S. The molecule has 0 spiro atoms. The summed E-state index contributed by atoms with van der Waals surface area (Å²) >= 11 is 0. The number of hydrogen-bond donors (Lipinski definition) is 2. The molecule has 2 aliphatic rings. The van der Waals surface area contributed by atoms with Crippen LogP contribution in [-0.2, 0) is 14.8 Å². The van der Waals surface area contributed by atoms with Crippen molar-refractivity contribution < 1.29 is 23.4 Å². The molecule has 0 bridgehead atoms. The number of amides is 1. The third-order valence-corrected chi connectivity index (χ3v) is 5.04. The van der Waals surface area contributed by atoms with E-state index < -0.39 is 22.2 Å². The van der Waals surface area contributed by atoms with E-state index in [1.807, 2.05) is 0 Å². The van der Waals surface area contributed by atoms with Gasteiger partial charge in [0, 0.05) is 26.2 Å². The molecule has 19 heavy (non-hydrogen) atoms. The third kappa shape index (κ3) is 3.25. The van der Waals surface area contributed by atoms with Crippen molar-refractivity contribution in [1.29, 1.82) is 0 Å². The van der Waals surface area contributed by atoms with Gasteiger partial charge in [-0.15, -0.1) is 0 Å². The van der Waals surface area contributed by atoms with Crippen molar-refractivity contribution in [2.45, 2.75) is 25.0 Å². The fraction of sp³-hybridized carbons (Fsp3) is 0.909. The van der Waals surface area contributed by atoms with Crippen molar-refractivity contribution in [3.63, 3.8) is 0 Å². The molecule has 0 aromatic rings. The molecular weight excluding hydrogens is 272 g/mol. The summed E-state index contributed by atoms with van der Waals surface area (Å²) in [6, 6.07) is 0. The molecule has 7 nitrogen and oxygen atoms in total. The predicted octanol–water partition coefficient (Wildman–Crippen LogP) is -1.78. The van der Waals surface area contributed by atoms with E-state index in [9.17, 15) is 23.4 Å². The first-order valence-corrected chi connectivity index (χ1v) is 8.24. The largest absolute Gasteiger partial charge is 0.388 e. The van der Waals surface area contributed by atoms with E-state index in [1.54, 1.807) is 0 Å². The van der Waals surface area contributed by atoms with E-state index in [2.05, 4.69) is 0 Å². The molecule has 2 aliphatic heterocycles. The summed E-state index contributed by atoms with van der Waals surface area (Å²) in [5, 5.41) is 18.9. The number of aliphatic hydroxyl groups is 2. The average Bonchev–Trinajstić information content (AvgIpc) is 2.68. The monoisotopic (exact) mass is 292 g/mol. The van der Waals surface area contributed by atoms with Crippen molar-refractivity contribution in [2.75, 3.05) is 32.4 Å². The van der Waals surface area contributed by atoms with Crippen LogP contribution in [-0.4, -0.2) is 78.4 Å². The number of nitrogens with zero attached hydrogens (tertiary/aromatic N) is 2. The van der Waals surface area contributed by atoms with Gasteiger partial charge in [-0.1, -0.05) is 0 Å². The summed E-state index contributed by atoms with van der Waals surface area (Å²) in [4.78, 5) is 13.7. The highest BCUT2D eigenvalue weighted by atomic mass is 32.2. The van der Waals surface area contributed by atoms with E-state index in [1.165, 1.54) is 9.21 Å². The van der Waals surface area contributed by atoms with Gasteiger partial charge in [0.25, 0.3) is 0 Å². The number of sulfonamides is 1. The van der Waals surface area contributed by atoms with Crippen molar-refractivity contribution in [1.82, 2.24) is 9.21 Å². The summed E-state index contributed by atoms with van der Waals surface area (Å²) in [5.41, 5.74) is 0. The lowest BCUT2D eigenvalue weighted by molar-refractivity contribution is -0.136. The Balaban J connectivity index is 2.00. The maximum Gasteiger partial charge on any atom is 0.227 e. The van der Waals surface area contributed by atoms with Crippen LogP contribution >= 0.6 is 0 Å². The SMILES string of the molecule is CS(=O)(=O)N1CCCC(C(=O)N2CC(O)C(O)C2)C1. The van der Waals surface area contributed by atoms with Crippen molar-refractivity contribution >= 4 is 15.9 Å². The molecule has 0 aliphatic carbocycles. The first-order valence-electron chi connectivity index (χ1n) is 6.39. The summed E-state index contributed by atoms with van der Waals surface area (Å²) in [7, 11) is -3.27. The zero-order valence-electron chi connectivity index (χ0n) is 10.9. The fourth-order valence-corrected chi connectivity index (χ4v) is 3.56. The first kappa shape index (κ1) is 14.7. The molecule has 0 aromatic heterocycles. The molecule has 0 saturated carbocycles. The molecule has 3 atom stereocenters. The number of aliphatic hydroxyl groups excluding tert-OH is 2. The van der Waals surface area contributed by atoms with Crippen LogP contribution in [0.5, 0.6) is 0 Å². The van der Waals surface area contributed by atoms with Gasteiger partial charge in [0.15, 0.2) is 0 Å². The Bertz CT molecular complexity index is 442. The van der Waals surface area contributed by atoms with Gasteiger partial charge in [-0.05, 0) is 12.8 Å². The summed E-state index contributed by atoms with van der Waals surface area (Å²) in [5.74, 6) is -0.551. The van der Waals surface area contributed by atoms with Gasteiger partial charge >= 0.3 is 0 Å². The van der Waals surface area contributed by atoms with Gasteiger partial charge in [0.2, 0.25) is 15.9 Å². The van der Waals surface area contributed by atoms with Crippen LogP contribution < -0.4 is 0 Å². The number of β-amino-alcohol motifs (C(OH)–C–C–N with tert-alkyl or cyclic N) is 2. The zero-order chi connectivity index (χ0) is 14.2. The summed E-state index contributed by atoms with van der Waals surface area (Å²) in [6.45, 7) is 0.888. The molecule has 1 amide bonds. The van der Waals surface area contributed by atoms with Crippen LogP contribution in [0.1, 0.15) is 12.8 Å². The van der Waals surface area contributed by atoms with Crippen LogP contribution in [0.3, 0.4) is 0 Å². The molecule has 2 fully saturated rings. The molecule has 2 heterocycles. The second-order valence-electron chi connectivity index (χ2n) is 5.34. The Kier molecular flexibility index (Phi) is 4.14. The highest BCUT2D eigenvalue weighted by Gasteiger charge is 2.38. The number of hydrogen-bond acceptors (Lipinski definition) is 5. The predicted molar refractivity (Wildman–Crippen MR) is 67.7 cm³/mol. The van der Waals surface area contributed by atoms with Crippen LogP contribution in [0.25, 0.3) is 0 Å². The molecule has 2 saturated heterocycles. The van der Waals surface area contributed by atoms with Crippen LogP contribution in [0, 0.1) is 5.92 Å². The molecule has 2 N–H and O–H groups in total. The fourth-order valence-electron chi connectivity index (χ4n) is 2.65. The minimum absolute atomic E-state index is 0.120. The first-order chi connectivity index (χ1) is 8.79. The van der Waals surface area contributed by atoms with Gasteiger partial charge in [-0.2, -0.15) is 0 Å². The maximum atomic E-state index is 12.2. The summed E-state index contributed by atoms with van der Waals surface area (Å²) < 4.78 is 24.3. The molecule has 8 heteroatoms. The van der Waals surface area contributed by atoms with Crippen molar-refractivity contribution in [2.24, 2.45) is 5.92 Å². The van der Waals surface area contributed by atoms with Gasteiger partial charge in [0.05, 0.1) is 24.4 Å². The third-order valence-electron chi connectivity index (χ3n) is 3.77. The highest BCUT2D eigenvalue weighted by molar-refractivity contribution is 7.88. The van der Waals surface area contributed by atoms with Crippen molar-refractivity contribution in [3.8, 4) is 0 Å². The van der Waals surface area contributed by atoms with E-state index in [0.29, 0.717) is 19.4 Å². The zero-order valence-corrected chi connectivity index (χ0v) is 11.7. The van der Waals surface area contributed by atoms with E-state index >= 15 is 0 Å². The molecule has 3 unspecified atom stereocenters. The second-order valence-corrected chi connectivity index (χ2v) is 7.32. The van der Waals surface area contributed by atoms with Gasteiger partial charge in [-0.3, -0.25) is 4.79 Å². The number of likely N-dealkylation sites (tertiary alicyclic amines) is 1. The topological polar surface area (TPSA) is 98.2 Å². The van der Waals surface area contributed by atoms with Crippen LogP contribution in [0.4, 0.5) is 0 Å².